The number of benzene rings is 2. The number of phenols is 2. The van der Waals surface area contributed by atoms with Crippen molar-refractivity contribution in [2.75, 3.05) is 0 Å². The summed E-state index contributed by atoms with van der Waals surface area (Å²) in [6.07, 6.45) is 16.2. The monoisotopic (exact) mass is 1140 g/mol. The first-order chi connectivity index (χ1) is 37.0. The maximum atomic E-state index is 12.3. The first-order valence-corrected chi connectivity index (χ1v) is 29.5. The number of rotatable bonds is 1. The fraction of sp³-hybridized carbons (Fsp3) is 0.547. The van der Waals surface area contributed by atoms with Crippen LogP contribution in [0.4, 0.5) is 0 Å². The average Bonchev–Trinajstić information content (AvgIpc) is 3.48. The topological polar surface area (TPSA) is 143 Å². The molecule has 0 bridgehead atoms. The molecule has 0 fully saturated rings. The van der Waals surface area contributed by atoms with Crippen LogP contribution in [0.3, 0.4) is 0 Å². The molecule has 2 aromatic rings. The van der Waals surface area contributed by atoms with Crippen molar-refractivity contribution in [1.29, 1.82) is 0 Å². The molecule has 1 atom stereocenters. The largest absolute Gasteiger partial charge is 0.507 e. The predicted molar refractivity (Wildman–Crippen MR) is 349 cm³/mol. The summed E-state index contributed by atoms with van der Waals surface area (Å²) in [6.45, 7) is 62.7. The van der Waals surface area contributed by atoms with E-state index in [1.54, 1.807) is 5.57 Å². The van der Waals surface area contributed by atoms with Crippen molar-refractivity contribution in [3.63, 3.8) is 0 Å². The van der Waals surface area contributed by atoms with E-state index in [-0.39, 0.29) is 78.0 Å². The van der Waals surface area contributed by atoms with Gasteiger partial charge in [0, 0.05) is 27.9 Å². The molecule has 0 radical (unpaired) electrons. The van der Waals surface area contributed by atoms with Gasteiger partial charge in [-0.25, -0.2) is 0 Å². The number of Topliss-reactive ketones (excluding diaryl/α,β-unsaturated/α-hetero) is 1. The predicted octanol–water partition coefficient (Wildman–Crippen LogP) is 18.7. The number of hydrogen-bond acceptors (Lipinski definition) is 8. The Bertz CT molecular complexity index is 2880. The van der Waals surface area contributed by atoms with Crippen LogP contribution in [0.1, 0.15) is 233 Å². The van der Waals surface area contributed by atoms with Crippen LogP contribution < -0.4 is 0 Å². The zero-order valence-corrected chi connectivity index (χ0v) is 57.2. The lowest BCUT2D eigenvalue weighted by Crippen LogP contribution is -2.29. The highest BCUT2D eigenvalue weighted by atomic mass is 16.3. The highest BCUT2D eigenvalue weighted by molar-refractivity contribution is 6.22. The summed E-state index contributed by atoms with van der Waals surface area (Å²) in [6, 6.07) is 8.24. The van der Waals surface area contributed by atoms with Crippen molar-refractivity contribution >= 4 is 34.7 Å². The number of ketones is 6. The van der Waals surface area contributed by atoms with Crippen molar-refractivity contribution in [1.82, 2.24) is 0 Å². The highest BCUT2D eigenvalue weighted by Crippen LogP contribution is 2.41. The van der Waals surface area contributed by atoms with Crippen LogP contribution in [0.2, 0.25) is 0 Å². The lowest BCUT2D eigenvalue weighted by Gasteiger charge is -2.30. The Labute approximate surface area is 504 Å². The van der Waals surface area contributed by atoms with E-state index in [1.807, 2.05) is 117 Å². The van der Waals surface area contributed by atoms with Crippen molar-refractivity contribution < 1.29 is 39.0 Å². The minimum atomic E-state index is -0.280. The number of aromatic hydroxyl groups is 2. The second-order valence-corrected chi connectivity index (χ2v) is 31.4. The summed E-state index contributed by atoms with van der Waals surface area (Å²) in [5.41, 5.74) is 11.1. The summed E-state index contributed by atoms with van der Waals surface area (Å²) in [4.78, 5) is 70.0. The molecule has 6 rings (SSSR count). The van der Waals surface area contributed by atoms with Gasteiger partial charge >= 0.3 is 0 Å². The van der Waals surface area contributed by atoms with Crippen LogP contribution >= 0.6 is 0 Å². The summed E-state index contributed by atoms with van der Waals surface area (Å²) in [5.74, 6) is 1.40. The lowest BCUT2D eigenvalue weighted by molar-refractivity contribution is -0.116. The Morgan fingerprint density at radius 2 is 0.747 bits per heavy atom. The first kappa shape index (κ1) is 75.0. The minimum Gasteiger partial charge on any atom is -0.507 e. The maximum Gasteiger partial charge on any atom is 0.186 e. The zero-order chi connectivity index (χ0) is 65.3. The van der Waals surface area contributed by atoms with Gasteiger partial charge in [0.1, 0.15) is 11.5 Å². The maximum absolute atomic E-state index is 12.3. The Morgan fingerprint density at radius 1 is 0.422 bits per heavy atom. The molecule has 458 valence electrons. The molecule has 1 unspecified atom stereocenters. The third kappa shape index (κ3) is 23.5. The quantitative estimate of drug-likeness (QED) is 0.212. The van der Waals surface area contributed by atoms with E-state index in [0.717, 1.165) is 28.2 Å². The van der Waals surface area contributed by atoms with Crippen LogP contribution in [0, 0.1) is 53.8 Å². The molecule has 0 aliphatic heterocycles. The molecule has 0 heterocycles. The van der Waals surface area contributed by atoms with Gasteiger partial charge in [-0.15, -0.1) is 0 Å². The molecule has 2 N–H and O–H groups in total. The Morgan fingerprint density at radius 3 is 1.05 bits per heavy atom. The standard InChI is InChI=1S/C15H24O.2C14H20O2.C12H18O.C10H12O2.C10H16/c1-10-8-11(14(2,3)4)13(16)12(9-10)15(5,6)7;1-13(2,3)9-7-12(16)10(8-11(9)15)14(4,5)6;1-13(2,3)10-7-9(15)8-11(12(10)16)14(4,5)6;1-8-6-9(2)11(13)10(7-8)12(3,4)5;1-10(2,3)8-6-7(11)4-5-9(8)12;1-8(2)10-6-4-9(3)5-7-10/h8-9,16H,1-7H3;2*7-8H,1-6H3;6-7,13H,1-5H3;4-6H,1-3H3;4,10H,1,5-7H2,2-3H3. The van der Waals surface area contributed by atoms with E-state index >= 15 is 0 Å². The van der Waals surface area contributed by atoms with E-state index in [1.165, 1.54) is 78.5 Å². The first-order valence-electron chi connectivity index (χ1n) is 29.5. The fourth-order valence-corrected chi connectivity index (χ4v) is 9.41. The van der Waals surface area contributed by atoms with Gasteiger partial charge in [0.2, 0.25) is 0 Å². The van der Waals surface area contributed by atoms with Crippen LogP contribution in [0.15, 0.2) is 118 Å². The van der Waals surface area contributed by atoms with Gasteiger partial charge in [0.15, 0.2) is 34.7 Å². The number of carbonyl (C=O) groups excluding carboxylic acids is 6. The van der Waals surface area contributed by atoms with Gasteiger partial charge in [-0.2, -0.15) is 0 Å². The normalized spacial score (nSPS) is 17.1. The van der Waals surface area contributed by atoms with Gasteiger partial charge in [0.05, 0.1) is 0 Å². The molecular weight excluding hydrogens is 1030 g/mol. The number of aryl methyl sites for hydroxylation is 3. The van der Waals surface area contributed by atoms with E-state index in [9.17, 15) is 39.0 Å². The molecule has 0 aromatic heterocycles. The second kappa shape index (κ2) is 28.2. The molecule has 8 nitrogen and oxygen atoms in total. The molecule has 4 aliphatic rings. The molecule has 4 aliphatic carbocycles. The lowest BCUT2D eigenvalue weighted by atomic mass is 9.72. The molecule has 0 amide bonds. The van der Waals surface area contributed by atoms with Crippen LogP contribution in [-0.4, -0.2) is 44.9 Å². The van der Waals surface area contributed by atoms with Gasteiger partial charge < -0.3 is 10.2 Å². The van der Waals surface area contributed by atoms with Gasteiger partial charge in [-0.3, -0.25) is 28.8 Å². The molecule has 8 heteroatoms. The van der Waals surface area contributed by atoms with Crippen molar-refractivity contribution in [3.8, 4) is 11.5 Å². The molecule has 0 saturated carbocycles. The van der Waals surface area contributed by atoms with Gasteiger partial charge in [-0.1, -0.05) is 225 Å². The summed E-state index contributed by atoms with van der Waals surface area (Å²) < 4.78 is 0. The number of hydrogen-bond donors (Lipinski definition) is 2. The van der Waals surface area contributed by atoms with Crippen LogP contribution in [0.25, 0.3) is 0 Å². The molecule has 2 aromatic carbocycles. The summed E-state index contributed by atoms with van der Waals surface area (Å²) in [5, 5.41) is 20.2. The van der Waals surface area contributed by atoms with E-state index in [4.69, 9.17) is 0 Å². The number of carbonyl (C=O) groups is 6. The third-order valence-electron chi connectivity index (χ3n) is 14.6. The second-order valence-electron chi connectivity index (χ2n) is 31.4. The molecule has 0 saturated heterocycles. The van der Waals surface area contributed by atoms with Crippen LogP contribution in [0.5, 0.6) is 11.5 Å². The Balaban J connectivity index is 0.000000501. The zero-order valence-electron chi connectivity index (χ0n) is 57.2. The van der Waals surface area contributed by atoms with Gasteiger partial charge in [0.25, 0.3) is 0 Å². The van der Waals surface area contributed by atoms with Crippen LogP contribution in [-0.2, 0) is 45.0 Å². The van der Waals surface area contributed by atoms with Crippen molar-refractivity contribution in [3.05, 3.63) is 152 Å². The molecular formula is C75H110O8. The Hall–Kier alpha value is -6.02. The van der Waals surface area contributed by atoms with Crippen molar-refractivity contribution in [2.24, 2.45) is 33.0 Å². The van der Waals surface area contributed by atoms with Crippen molar-refractivity contribution in [2.45, 2.75) is 236 Å². The SMILES string of the molecule is C=C(C)C1CC=C(C)CC1.CC(C)(C)C1=CC(=O)C(C(C)(C)C)=CC1=O.CC(C)(C)C1=CC(=O)C=C(C(C)(C)C)C1=O.CC(C)(C)C1=CC(=O)C=CC1=O.Cc1cc(C(C)(C)C)c(O)c(C(C)(C)C)c1.Cc1cc(C)c(O)c(C(C)(C)C)c1. The summed E-state index contributed by atoms with van der Waals surface area (Å²) in [7, 11) is 0. The minimum absolute atomic E-state index is 0.0135. The summed E-state index contributed by atoms with van der Waals surface area (Å²) >= 11 is 0. The third-order valence-corrected chi connectivity index (χ3v) is 14.6. The van der Waals surface area contributed by atoms with Gasteiger partial charge in [-0.05, 0) is 168 Å². The molecule has 83 heavy (non-hydrogen) atoms. The van der Waals surface area contributed by atoms with E-state index < -0.39 is 0 Å². The van der Waals surface area contributed by atoms with E-state index in [0.29, 0.717) is 39.4 Å². The molecule has 0 spiro atoms. The number of allylic oxidation sites excluding steroid dienone is 15. The van der Waals surface area contributed by atoms with E-state index in [2.05, 4.69) is 121 Å². The highest BCUT2D eigenvalue weighted by Gasteiger charge is 2.36. The fourth-order valence-electron chi connectivity index (χ4n) is 9.41. The smallest absolute Gasteiger partial charge is 0.186 e. The Kier molecular flexibility index (Phi) is 25.5. The number of phenolic OH excluding ortho intramolecular Hbond substituents is 2. The average molecular weight is 1140 g/mol.